The van der Waals surface area contributed by atoms with Gasteiger partial charge in [-0.3, -0.25) is 4.79 Å². The van der Waals surface area contributed by atoms with Crippen LogP contribution in [0.1, 0.15) is 15.9 Å². The van der Waals surface area contributed by atoms with Crippen LogP contribution in [0.4, 0.5) is 20.3 Å². The molecule has 0 atom stereocenters. The highest BCUT2D eigenvalue weighted by molar-refractivity contribution is 6.04. The molecule has 4 nitrogen and oxygen atoms in total. The van der Waals surface area contributed by atoms with E-state index in [2.05, 4.69) is 15.6 Å². The van der Waals surface area contributed by atoms with Crippen LogP contribution < -0.4 is 10.6 Å². The molecule has 0 aliphatic heterocycles. The maximum Gasteiger partial charge on any atom is 0.255 e. The number of rotatable bonds is 5. The van der Waals surface area contributed by atoms with E-state index in [1.165, 1.54) is 42.6 Å². The highest BCUT2D eigenvalue weighted by Crippen LogP contribution is 2.13. The normalized spacial score (nSPS) is 10.3. The molecule has 0 radical (unpaired) electrons. The fourth-order valence-corrected chi connectivity index (χ4v) is 2.17. The lowest BCUT2D eigenvalue weighted by Crippen LogP contribution is -2.12. The lowest BCUT2D eigenvalue weighted by atomic mass is 10.2. The van der Waals surface area contributed by atoms with E-state index in [1.54, 1.807) is 24.3 Å². The Hall–Kier alpha value is -3.28. The van der Waals surface area contributed by atoms with Crippen LogP contribution in [-0.2, 0) is 6.54 Å². The van der Waals surface area contributed by atoms with Gasteiger partial charge in [0.05, 0.1) is 11.9 Å². The van der Waals surface area contributed by atoms with Gasteiger partial charge in [-0.2, -0.15) is 0 Å². The van der Waals surface area contributed by atoms with Crippen LogP contribution >= 0.6 is 0 Å². The summed E-state index contributed by atoms with van der Waals surface area (Å²) in [5, 5.41) is 5.80. The van der Waals surface area contributed by atoms with Crippen molar-refractivity contribution in [2.75, 3.05) is 10.6 Å². The van der Waals surface area contributed by atoms with Crippen molar-refractivity contribution < 1.29 is 13.6 Å². The monoisotopic (exact) mass is 339 g/mol. The SMILES string of the molecule is O=C(Nc1ccc(NCc2ccc(F)cc2)nc1)c1ccc(F)cc1. The molecule has 2 N–H and O–H groups in total. The van der Waals surface area contributed by atoms with Crippen LogP contribution in [0, 0.1) is 11.6 Å². The van der Waals surface area contributed by atoms with E-state index in [0.29, 0.717) is 23.6 Å². The first-order valence-corrected chi connectivity index (χ1v) is 7.61. The number of pyridine rings is 1. The van der Waals surface area contributed by atoms with E-state index in [9.17, 15) is 13.6 Å². The molecule has 3 aromatic rings. The number of nitrogens with zero attached hydrogens (tertiary/aromatic N) is 1. The van der Waals surface area contributed by atoms with Crippen molar-refractivity contribution in [3.05, 3.63) is 89.6 Å². The van der Waals surface area contributed by atoms with Gasteiger partial charge in [0.2, 0.25) is 0 Å². The predicted molar refractivity (Wildman–Crippen MR) is 92.3 cm³/mol. The molecule has 126 valence electrons. The third kappa shape index (κ3) is 4.60. The van der Waals surface area contributed by atoms with Crippen molar-refractivity contribution >= 4 is 17.4 Å². The van der Waals surface area contributed by atoms with Crippen LogP contribution in [0.2, 0.25) is 0 Å². The first-order valence-electron chi connectivity index (χ1n) is 7.61. The molecule has 2 aromatic carbocycles. The number of carbonyl (C=O) groups excluding carboxylic acids is 1. The zero-order valence-electron chi connectivity index (χ0n) is 13.2. The fraction of sp³-hybridized carbons (Fsp3) is 0.0526. The van der Waals surface area contributed by atoms with Crippen molar-refractivity contribution in [3.8, 4) is 0 Å². The zero-order valence-corrected chi connectivity index (χ0v) is 13.2. The maximum absolute atomic E-state index is 12.9. The molecule has 0 bridgehead atoms. The Bertz CT molecular complexity index is 847. The lowest BCUT2D eigenvalue weighted by molar-refractivity contribution is 0.102. The number of halogens is 2. The minimum Gasteiger partial charge on any atom is -0.366 e. The average Bonchev–Trinajstić information content (AvgIpc) is 2.63. The fourth-order valence-electron chi connectivity index (χ4n) is 2.17. The molecule has 0 aliphatic rings. The first kappa shape index (κ1) is 16.6. The summed E-state index contributed by atoms with van der Waals surface area (Å²) in [6, 6.07) is 14.9. The number of aromatic nitrogens is 1. The number of carbonyl (C=O) groups is 1. The van der Waals surface area contributed by atoms with Gasteiger partial charge < -0.3 is 10.6 Å². The molecule has 0 aliphatic carbocycles. The number of anilines is 2. The molecule has 1 amide bonds. The molecule has 0 unspecified atom stereocenters. The van der Waals surface area contributed by atoms with E-state index in [1.807, 2.05) is 0 Å². The zero-order chi connectivity index (χ0) is 17.6. The molecule has 0 saturated carbocycles. The van der Waals surface area contributed by atoms with Gasteiger partial charge in [-0.1, -0.05) is 12.1 Å². The largest absolute Gasteiger partial charge is 0.366 e. The molecule has 1 aromatic heterocycles. The van der Waals surface area contributed by atoms with E-state index in [0.717, 1.165) is 5.56 Å². The highest BCUT2D eigenvalue weighted by atomic mass is 19.1. The van der Waals surface area contributed by atoms with E-state index >= 15 is 0 Å². The van der Waals surface area contributed by atoms with Crippen LogP contribution in [0.25, 0.3) is 0 Å². The summed E-state index contributed by atoms with van der Waals surface area (Å²) in [6.07, 6.45) is 1.52. The number of hydrogen-bond acceptors (Lipinski definition) is 3. The summed E-state index contributed by atoms with van der Waals surface area (Å²) in [5.41, 5.74) is 1.82. The summed E-state index contributed by atoms with van der Waals surface area (Å²) >= 11 is 0. The van der Waals surface area contributed by atoms with E-state index in [4.69, 9.17) is 0 Å². The number of benzene rings is 2. The average molecular weight is 339 g/mol. The second-order valence-electron chi connectivity index (χ2n) is 5.37. The van der Waals surface area contributed by atoms with Crippen LogP contribution in [-0.4, -0.2) is 10.9 Å². The Morgan fingerprint density at radius 1 is 0.880 bits per heavy atom. The smallest absolute Gasteiger partial charge is 0.255 e. The Morgan fingerprint density at radius 2 is 1.52 bits per heavy atom. The molecule has 0 spiro atoms. The Balaban J connectivity index is 1.57. The van der Waals surface area contributed by atoms with Gasteiger partial charge in [-0.25, -0.2) is 13.8 Å². The molecule has 3 rings (SSSR count). The third-order valence-corrected chi connectivity index (χ3v) is 3.51. The summed E-state index contributed by atoms with van der Waals surface area (Å²) in [4.78, 5) is 16.3. The summed E-state index contributed by atoms with van der Waals surface area (Å²) in [5.74, 6) is -0.379. The molecule has 0 saturated heterocycles. The highest BCUT2D eigenvalue weighted by Gasteiger charge is 2.06. The Labute approximate surface area is 143 Å². The van der Waals surface area contributed by atoms with Crippen molar-refractivity contribution in [1.29, 1.82) is 0 Å². The first-order chi connectivity index (χ1) is 12.1. The molecule has 1 heterocycles. The molecular weight excluding hydrogens is 324 g/mol. The van der Waals surface area contributed by atoms with Gasteiger partial charge in [0.1, 0.15) is 17.5 Å². The van der Waals surface area contributed by atoms with Gasteiger partial charge in [-0.05, 0) is 54.1 Å². The molecule has 0 fully saturated rings. The summed E-state index contributed by atoms with van der Waals surface area (Å²) < 4.78 is 25.7. The maximum atomic E-state index is 12.9. The van der Waals surface area contributed by atoms with E-state index in [-0.39, 0.29) is 11.7 Å². The summed E-state index contributed by atoms with van der Waals surface area (Å²) in [7, 11) is 0. The lowest BCUT2D eigenvalue weighted by Gasteiger charge is -2.08. The third-order valence-electron chi connectivity index (χ3n) is 3.51. The summed E-state index contributed by atoms with van der Waals surface area (Å²) in [6.45, 7) is 0.508. The van der Waals surface area contributed by atoms with Crippen LogP contribution in [0.3, 0.4) is 0 Å². The van der Waals surface area contributed by atoms with Gasteiger partial charge in [0.25, 0.3) is 5.91 Å². The topological polar surface area (TPSA) is 54.0 Å². The van der Waals surface area contributed by atoms with Gasteiger partial charge >= 0.3 is 0 Å². The van der Waals surface area contributed by atoms with E-state index < -0.39 is 5.82 Å². The minimum absolute atomic E-state index is 0.275. The van der Waals surface area contributed by atoms with Gasteiger partial charge in [0.15, 0.2) is 0 Å². The second-order valence-corrected chi connectivity index (χ2v) is 5.37. The number of hydrogen-bond donors (Lipinski definition) is 2. The number of nitrogens with one attached hydrogen (secondary N) is 2. The molecule has 6 heteroatoms. The minimum atomic E-state index is -0.394. The van der Waals surface area contributed by atoms with Gasteiger partial charge in [0, 0.05) is 12.1 Å². The van der Waals surface area contributed by atoms with Crippen molar-refractivity contribution in [2.24, 2.45) is 0 Å². The second kappa shape index (κ2) is 7.53. The van der Waals surface area contributed by atoms with Crippen molar-refractivity contribution in [2.45, 2.75) is 6.54 Å². The number of amides is 1. The Kier molecular flexibility index (Phi) is 4.99. The predicted octanol–water partition coefficient (Wildman–Crippen LogP) is 4.22. The van der Waals surface area contributed by atoms with Crippen molar-refractivity contribution in [3.63, 3.8) is 0 Å². The molecule has 25 heavy (non-hydrogen) atoms. The van der Waals surface area contributed by atoms with Crippen LogP contribution in [0.5, 0.6) is 0 Å². The standard InChI is InChI=1S/C19H15F2N3O/c20-15-5-1-13(2-6-15)11-22-18-10-9-17(12-23-18)24-19(25)14-3-7-16(21)8-4-14/h1-10,12H,11H2,(H,22,23)(H,24,25). The van der Waals surface area contributed by atoms with Crippen molar-refractivity contribution in [1.82, 2.24) is 4.98 Å². The Morgan fingerprint density at radius 3 is 2.12 bits per heavy atom. The van der Waals surface area contributed by atoms with Gasteiger partial charge in [-0.15, -0.1) is 0 Å². The van der Waals surface area contributed by atoms with Crippen LogP contribution in [0.15, 0.2) is 66.9 Å². The quantitative estimate of drug-likeness (QED) is 0.732. The molecular formula is C19H15F2N3O.